The van der Waals surface area contributed by atoms with E-state index in [0.29, 0.717) is 30.3 Å². The Hall–Kier alpha value is -1.93. The van der Waals surface area contributed by atoms with Crippen LogP contribution in [-0.4, -0.2) is 61.7 Å². The summed E-state index contributed by atoms with van der Waals surface area (Å²) in [6, 6.07) is 5.22. The first kappa shape index (κ1) is 24.2. The zero-order chi connectivity index (χ0) is 23.6. The van der Waals surface area contributed by atoms with Gasteiger partial charge < -0.3 is 9.80 Å². The Morgan fingerprint density at radius 2 is 1.70 bits per heavy atom. The monoisotopic (exact) mass is 475 g/mol. The minimum Gasteiger partial charge on any atom is -0.343 e. The molecule has 2 saturated heterocycles. The summed E-state index contributed by atoms with van der Waals surface area (Å²) < 4.78 is 28.3. The molecular weight excluding hydrogens is 438 g/mol. The van der Waals surface area contributed by atoms with E-state index in [2.05, 4.69) is 6.92 Å². The number of hydrogen-bond acceptors (Lipinski definition) is 4. The molecule has 1 atom stereocenters. The molecule has 1 aromatic carbocycles. The van der Waals surface area contributed by atoms with E-state index < -0.39 is 10.0 Å². The van der Waals surface area contributed by atoms with Crippen LogP contribution in [0, 0.1) is 5.92 Å². The number of benzene rings is 1. The molecular formula is C25H37N3O4S. The van der Waals surface area contributed by atoms with Crippen LogP contribution in [0.2, 0.25) is 0 Å². The highest BCUT2D eigenvalue weighted by Crippen LogP contribution is 2.33. The number of piperidine rings is 2. The average molecular weight is 476 g/mol. The summed E-state index contributed by atoms with van der Waals surface area (Å²) in [5.74, 6) is 0.654. The normalized spacial score (nSPS) is 22.4. The van der Waals surface area contributed by atoms with Gasteiger partial charge in [-0.3, -0.25) is 9.59 Å². The molecule has 3 aliphatic rings. The van der Waals surface area contributed by atoms with Gasteiger partial charge in [-0.2, -0.15) is 4.31 Å². The van der Waals surface area contributed by atoms with E-state index in [1.54, 1.807) is 27.4 Å². The molecule has 0 unspecified atom stereocenters. The second-order valence-electron chi connectivity index (χ2n) is 9.82. The number of hydrogen-bond donors (Lipinski definition) is 0. The van der Waals surface area contributed by atoms with Crippen molar-refractivity contribution in [3.8, 4) is 0 Å². The molecule has 3 heterocycles. The van der Waals surface area contributed by atoms with Gasteiger partial charge in [0.25, 0.3) is 0 Å². The van der Waals surface area contributed by atoms with Crippen LogP contribution in [0.5, 0.6) is 0 Å². The number of carbonyl (C=O) groups is 2. The minimum atomic E-state index is -3.54. The van der Waals surface area contributed by atoms with E-state index in [1.165, 1.54) is 0 Å². The van der Waals surface area contributed by atoms with Crippen LogP contribution in [0.25, 0.3) is 0 Å². The maximum Gasteiger partial charge on any atom is 0.243 e. The van der Waals surface area contributed by atoms with Crippen LogP contribution in [0.1, 0.15) is 70.8 Å². The maximum absolute atomic E-state index is 13.3. The molecule has 0 spiro atoms. The Kier molecular flexibility index (Phi) is 7.43. The number of rotatable bonds is 6. The molecule has 1 aromatic rings. The third-order valence-electron chi connectivity index (χ3n) is 7.59. The van der Waals surface area contributed by atoms with Crippen LogP contribution in [0.15, 0.2) is 23.1 Å². The lowest BCUT2D eigenvalue weighted by Gasteiger charge is -2.34. The summed E-state index contributed by atoms with van der Waals surface area (Å²) in [4.78, 5) is 29.3. The summed E-state index contributed by atoms with van der Waals surface area (Å²) in [6.07, 6.45) is 6.83. The van der Waals surface area contributed by atoms with E-state index in [4.69, 9.17) is 0 Å². The van der Waals surface area contributed by atoms with Gasteiger partial charge in [0, 0.05) is 50.7 Å². The molecule has 0 N–H and O–H groups in total. The summed E-state index contributed by atoms with van der Waals surface area (Å²) in [7, 11) is -3.54. The zero-order valence-corrected chi connectivity index (χ0v) is 20.8. The number of likely N-dealkylation sites (tertiary alicyclic amines) is 1. The van der Waals surface area contributed by atoms with Gasteiger partial charge in [0.05, 0.1) is 4.90 Å². The fraction of sp³-hybridized carbons (Fsp3) is 0.680. The van der Waals surface area contributed by atoms with Crippen LogP contribution >= 0.6 is 0 Å². The Morgan fingerprint density at radius 1 is 0.970 bits per heavy atom. The third-order valence-corrected chi connectivity index (χ3v) is 9.54. The standard InChI is InChI=1S/C25H37N3O4S/c1-3-21-6-4-5-14-28(21)33(31,32)22-7-8-23-20(18-22)13-17-27(23)25(30)10-9-24(29)26-15-11-19(2)12-16-26/h7-8,18-19,21H,3-6,9-17H2,1-2H3/t21-/m1/s1. The van der Waals surface area contributed by atoms with Gasteiger partial charge in [-0.1, -0.05) is 20.3 Å². The molecule has 7 nitrogen and oxygen atoms in total. The predicted molar refractivity (Wildman–Crippen MR) is 129 cm³/mol. The molecule has 8 heteroatoms. The average Bonchev–Trinajstić information content (AvgIpc) is 3.26. The highest BCUT2D eigenvalue weighted by Gasteiger charge is 2.34. The number of carbonyl (C=O) groups excluding carboxylic acids is 2. The van der Waals surface area contributed by atoms with E-state index >= 15 is 0 Å². The van der Waals surface area contributed by atoms with E-state index in [1.807, 2.05) is 11.8 Å². The summed E-state index contributed by atoms with van der Waals surface area (Å²) in [5, 5.41) is 0. The van der Waals surface area contributed by atoms with Gasteiger partial charge in [-0.15, -0.1) is 0 Å². The van der Waals surface area contributed by atoms with Gasteiger partial charge >= 0.3 is 0 Å². The molecule has 182 valence electrons. The van der Waals surface area contributed by atoms with Crippen molar-refractivity contribution in [2.75, 3.05) is 31.1 Å². The molecule has 0 radical (unpaired) electrons. The Balaban J connectivity index is 1.40. The molecule has 2 amide bonds. The van der Waals surface area contributed by atoms with E-state index in [-0.39, 0.29) is 30.7 Å². The van der Waals surface area contributed by atoms with Crippen molar-refractivity contribution in [2.24, 2.45) is 5.92 Å². The Labute approximate surface area is 198 Å². The molecule has 0 aromatic heterocycles. The predicted octanol–water partition coefficient (Wildman–Crippen LogP) is 3.57. The molecule has 0 aliphatic carbocycles. The van der Waals surface area contributed by atoms with Gasteiger partial charge in [-0.05, 0) is 68.2 Å². The number of nitrogens with zero attached hydrogens (tertiary/aromatic N) is 3. The summed E-state index contributed by atoms with van der Waals surface area (Å²) in [6.45, 7) is 6.94. The van der Waals surface area contributed by atoms with E-state index in [0.717, 1.165) is 62.9 Å². The van der Waals surface area contributed by atoms with Crippen LogP contribution in [-0.2, 0) is 26.0 Å². The second-order valence-corrected chi connectivity index (χ2v) is 11.7. The third kappa shape index (κ3) is 5.11. The van der Waals surface area contributed by atoms with Gasteiger partial charge in [0.2, 0.25) is 21.8 Å². The summed E-state index contributed by atoms with van der Waals surface area (Å²) >= 11 is 0. The SMILES string of the molecule is CC[C@@H]1CCCCN1S(=O)(=O)c1ccc2c(c1)CCN2C(=O)CCC(=O)N1CCC(C)CC1. The maximum atomic E-state index is 13.3. The van der Waals surface area contributed by atoms with Gasteiger partial charge in [-0.25, -0.2) is 8.42 Å². The lowest BCUT2D eigenvalue weighted by atomic mass is 9.99. The van der Waals surface area contributed by atoms with Gasteiger partial charge in [0.15, 0.2) is 0 Å². The molecule has 4 rings (SSSR count). The fourth-order valence-electron chi connectivity index (χ4n) is 5.40. The Bertz CT molecular complexity index is 985. The first-order chi connectivity index (χ1) is 15.8. The molecule has 2 fully saturated rings. The Morgan fingerprint density at radius 3 is 2.42 bits per heavy atom. The smallest absolute Gasteiger partial charge is 0.243 e. The molecule has 3 aliphatic heterocycles. The fourth-order valence-corrected chi connectivity index (χ4v) is 7.21. The second kappa shape index (κ2) is 10.1. The number of sulfonamides is 1. The van der Waals surface area contributed by atoms with Crippen molar-refractivity contribution >= 4 is 27.5 Å². The first-order valence-electron chi connectivity index (χ1n) is 12.5. The number of amides is 2. The van der Waals surface area contributed by atoms with Crippen LogP contribution in [0.3, 0.4) is 0 Å². The van der Waals surface area contributed by atoms with Crippen LogP contribution in [0.4, 0.5) is 5.69 Å². The topological polar surface area (TPSA) is 78.0 Å². The highest BCUT2D eigenvalue weighted by atomic mass is 32.2. The molecule has 0 bridgehead atoms. The lowest BCUT2D eigenvalue weighted by Crippen LogP contribution is -2.43. The number of fused-ring (bicyclic) bond motifs is 1. The van der Waals surface area contributed by atoms with Crippen molar-refractivity contribution in [1.29, 1.82) is 0 Å². The van der Waals surface area contributed by atoms with Crippen molar-refractivity contribution in [3.05, 3.63) is 23.8 Å². The van der Waals surface area contributed by atoms with Crippen molar-refractivity contribution < 1.29 is 18.0 Å². The zero-order valence-electron chi connectivity index (χ0n) is 20.0. The quantitative estimate of drug-likeness (QED) is 0.630. The van der Waals surface area contributed by atoms with E-state index in [9.17, 15) is 18.0 Å². The molecule has 0 saturated carbocycles. The highest BCUT2D eigenvalue weighted by molar-refractivity contribution is 7.89. The van der Waals surface area contributed by atoms with Crippen molar-refractivity contribution in [3.63, 3.8) is 0 Å². The van der Waals surface area contributed by atoms with Crippen molar-refractivity contribution in [1.82, 2.24) is 9.21 Å². The minimum absolute atomic E-state index is 0.0584. The largest absolute Gasteiger partial charge is 0.343 e. The summed E-state index contributed by atoms with van der Waals surface area (Å²) in [5.41, 5.74) is 1.68. The molecule has 33 heavy (non-hydrogen) atoms. The first-order valence-corrected chi connectivity index (χ1v) is 14.0. The van der Waals surface area contributed by atoms with Gasteiger partial charge in [0.1, 0.15) is 0 Å². The lowest BCUT2D eigenvalue weighted by molar-refractivity contribution is -0.134. The number of anilines is 1. The van der Waals surface area contributed by atoms with Crippen molar-refractivity contribution in [2.45, 2.75) is 82.6 Å². The van der Waals surface area contributed by atoms with Crippen LogP contribution < -0.4 is 4.90 Å².